The summed E-state index contributed by atoms with van der Waals surface area (Å²) in [4.78, 5) is 16.6. The van der Waals surface area contributed by atoms with Crippen LogP contribution >= 0.6 is 0 Å². The predicted molar refractivity (Wildman–Crippen MR) is 107 cm³/mol. The number of likely N-dealkylation sites (tertiary alicyclic amines) is 1. The van der Waals surface area contributed by atoms with Gasteiger partial charge in [-0.2, -0.15) is 0 Å². The van der Waals surface area contributed by atoms with Gasteiger partial charge in [0.15, 0.2) is 0 Å². The molecule has 0 aromatic heterocycles. The van der Waals surface area contributed by atoms with E-state index in [0.29, 0.717) is 13.1 Å². The molecule has 5 nitrogen and oxygen atoms in total. The zero-order valence-corrected chi connectivity index (χ0v) is 16.8. The third-order valence-corrected chi connectivity index (χ3v) is 5.19. The van der Waals surface area contributed by atoms with Gasteiger partial charge in [-0.25, -0.2) is 4.79 Å². The van der Waals surface area contributed by atoms with Crippen molar-refractivity contribution >= 4 is 6.09 Å². The van der Waals surface area contributed by atoms with Crippen molar-refractivity contribution in [3.8, 4) is 0 Å². The van der Waals surface area contributed by atoms with Crippen molar-refractivity contribution in [2.24, 2.45) is 0 Å². The lowest BCUT2D eigenvalue weighted by Gasteiger charge is -2.49. The minimum absolute atomic E-state index is 0.0236. The van der Waals surface area contributed by atoms with E-state index in [4.69, 9.17) is 9.47 Å². The van der Waals surface area contributed by atoms with E-state index in [1.807, 2.05) is 32.9 Å². The quantitative estimate of drug-likeness (QED) is 0.756. The van der Waals surface area contributed by atoms with E-state index in [-0.39, 0.29) is 17.8 Å². The van der Waals surface area contributed by atoms with Crippen molar-refractivity contribution in [3.63, 3.8) is 0 Å². The molecule has 1 unspecified atom stereocenters. The highest BCUT2D eigenvalue weighted by atomic mass is 16.6. The summed E-state index contributed by atoms with van der Waals surface area (Å²) in [6.07, 6.45) is 3.34. The number of hydrogen-bond donors (Lipinski definition) is 0. The van der Waals surface area contributed by atoms with Gasteiger partial charge in [0, 0.05) is 32.7 Å². The Labute approximate surface area is 162 Å². The summed E-state index contributed by atoms with van der Waals surface area (Å²) in [5, 5.41) is 0. The Morgan fingerprint density at radius 2 is 1.96 bits per heavy atom. The Morgan fingerprint density at radius 3 is 2.56 bits per heavy atom. The summed E-state index contributed by atoms with van der Waals surface area (Å²) in [6.45, 7) is 13.6. The summed E-state index contributed by atoms with van der Waals surface area (Å²) in [6, 6.07) is 10.5. The molecule has 0 saturated carbocycles. The van der Waals surface area contributed by atoms with Crippen LogP contribution in [0.5, 0.6) is 0 Å². The minimum Gasteiger partial charge on any atom is -0.444 e. The van der Waals surface area contributed by atoms with Crippen molar-refractivity contribution in [2.75, 3.05) is 26.2 Å². The van der Waals surface area contributed by atoms with Gasteiger partial charge >= 0.3 is 6.09 Å². The van der Waals surface area contributed by atoms with Crippen LogP contribution in [0.1, 0.15) is 39.2 Å². The third-order valence-electron chi connectivity index (χ3n) is 5.19. The van der Waals surface area contributed by atoms with Crippen LogP contribution in [-0.2, 0) is 16.0 Å². The number of amides is 1. The largest absolute Gasteiger partial charge is 0.444 e. The lowest BCUT2D eigenvalue weighted by molar-refractivity contribution is -0.161. The normalized spacial score (nSPS) is 23.2. The molecule has 148 valence electrons. The first kappa shape index (κ1) is 19.9. The van der Waals surface area contributed by atoms with Crippen LogP contribution in [0.15, 0.2) is 43.0 Å². The van der Waals surface area contributed by atoms with Gasteiger partial charge < -0.3 is 14.4 Å². The van der Waals surface area contributed by atoms with E-state index in [2.05, 4.69) is 35.7 Å². The van der Waals surface area contributed by atoms with Gasteiger partial charge in [-0.05, 0) is 39.2 Å². The van der Waals surface area contributed by atoms with Crippen molar-refractivity contribution in [2.45, 2.75) is 57.5 Å². The van der Waals surface area contributed by atoms with Crippen LogP contribution in [0.3, 0.4) is 0 Å². The van der Waals surface area contributed by atoms with Gasteiger partial charge in [-0.3, -0.25) is 4.90 Å². The zero-order valence-electron chi connectivity index (χ0n) is 16.8. The number of piperidine rings is 1. The second-order valence-electron chi connectivity index (χ2n) is 8.70. The highest BCUT2D eigenvalue weighted by Crippen LogP contribution is 2.33. The Balaban J connectivity index is 1.63. The van der Waals surface area contributed by atoms with Gasteiger partial charge in [-0.1, -0.05) is 36.4 Å². The van der Waals surface area contributed by atoms with E-state index in [9.17, 15) is 4.79 Å². The average molecular weight is 373 g/mol. The SMILES string of the molecule is C=CC1CN(Cc2ccccc2)CC2(CCN(C(=O)OC(C)(C)C)CC2)O1. The first-order valence-electron chi connectivity index (χ1n) is 9.83. The maximum Gasteiger partial charge on any atom is 0.410 e. The first-order valence-corrected chi connectivity index (χ1v) is 9.83. The molecule has 2 heterocycles. The molecule has 0 radical (unpaired) electrons. The molecule has 1 aromatic carbocycles. The molecule has 1 aromatic rings. The van der Waals surface area contributed by atoms with Crippen LogP contribution in [0.4, 0.5) is 4.79 Å². The molecular formula is C22H32N2O3. The van der Waals surface area contributed by atoms with Crippen molar-refractivity contribution < 1.29 is 14.3 Å². The number of carbonyl (C=O) groups is 1. The smallest absolute Gasteiger partial charge is 0.410 e. The number of morpholine rings is 1. The van der Waals surface area contributed by atoms with Crippen molar-refractivity contribution in [1.82, 2.24) is 9.80 Å². The number of hydrogen-bond acceptors (Lipinski definition) is 4. The van der Waals surface area contributed by atoms with Crippen LogP contribution in [0.2, 0.25) is 0 Å². The Kier molecular flexibility index (Phi) is 5.92. The van der Waals surface area contributed by atoms with Gasteiger partial charge in [-0.15, -0.1) is 6.58 Å². The molecule has 1 amide bonds. The molecule has 0 N–H and O–H groups in total. The molecule has 2 saturated heterocycles. The zero-order chi connectivity index (χ0) is 19.5. The molecule has 5 heteroatoms. The predicted octanol–water partition coefficient (Wildman–Crippen LogP) is 3.84. The lowest BCUT2D eigenvalue weighted by Crippen LogP contribution is -2.59. The molecule has 3 rings (SSSR count). The van der Waals surface area contributed by atoms with Crippen LogP contribution in [0, 0.1) is 0 Å². The fourth-order valence-corrected chi connectivity index (χ4v) is 3.91. The number of benzene rings is 1. The van der Waals surface area contributed by atoms with E-state index >= 15 is 0 Å². The van der Waals surface area contributed by atoms with E-state index in [1.165, 1.54) is 5.56 Å². The Hall–Kier alpha value is -1.85. The molecule has 0 bridgehead atoms. The molecule has 2 fully saturated rings. The summed E-state index contributed by atoms with van der Waals surface area (Å²) in [7, 11) is 0. The second-order valence-corrected chi connectivity index (χ2v) is 8.70. The molecular weight excluding hydrogens is 340 g/mol. The lowest BCUT2D eigenvalue weighted by atomic mass is 9.88. The van der Waals surface area contributed by atoms with Crippen LogP contribution in [0.25, 0.3) is 0 Å². The Bertz CT molecular complexity index is 645. The maximum atomic E-state index is 12.3. The van der Waals surface area contributed by atoms with Gasteiger partial charge in [0.05, 0.1) is 11.7 Å². The highest BCUT2D eigenvalue weighted by molar-refractivity contribution is 5.68. The van der Waals surface area contributed by atoms with Gasteiger partial charge in [0.2, 0.25) is 0 Å². The van der Waals surface area contributed by atoms with Crippen molar-refractivity contribution in [3.05, 3.63) is 48.6 Å². The first-order chi connectivity index (χ1) is 12.8. The topological polar surface area (TPSA) is 42.0 Å². The molecule has 27 heavy (non-hydrogen) atoms. The molecule has 0 aliphatic carbocycles. The molecule has 2 aliphatic rings. The summed E-state index contributed by atoms with van der Waals surface area (Å²) < 4.78 is 11.9. The summed E-state index contributed by atoms with van der Waals surface area (Å²) >= 11 is 0. The molecule has 2 aliphatic heterocycles. The van der Waals surface area contributed by atoms with E-state index in [1.54, 1.807) is 4.90 Å². The fraction of sp³-hybridized carbons (Fsp3) is 0.591. The second kappa shape index (κ2) is 8.03. The van der Waals surface area contributed by atoms with Crippen LogP contribution in [-0.4, -0.2) is 59.4 Å². The minimum atomic E-state index is -0.464. The van der Waals surface area contributed by atoms with Gasteiger partial charge in [0.1, 0.15) is 5.60 Å². The summed E-state index contributed by atoms with van der Waals surface area (Å²) in [5.41, 5.74) is 0.627. The maximum absolute atomic E-state index is 12.3. The molecule has 1 atom stereocenters. The number of ether oxygens (including phenoxy) is 2. The monoisotopic (exact) mass is 372 g/mol. The van der Waals surface area contributed by atoms with E-state index in [0.717, 1.165) is 32.5 Å². The van der Waals surface area contributed by atoms with E-state index < -0.39 is 5.60 Å². The number of nitrogens with zero attached hydrogens (tertiary/aromatic N) is 2. The van der Waals surface area contributed by atoms with Crippen molar-refractivity contribution in [1.29, 1.82) is 0 Å². The highest BCUT2D eigenvalue weighted by Gasteiger charge is 2.43. The van der Waals surface area contributed by atoms with Gasteiger partial charge in [0.25, 0.3) is 0 Å². The standard InChI is InChI=1S/C22H32N2O3/c1-5-19-16-23(15-18-9-7-6-8-10-18)17-22(26-19)11-13-24(14-12-22)20(25)27-21(2,3)4/h5-10,19H,1,11-17H2,2-4H3. The summed E-state index contributed by atoms with van der Waals surface area (Å²) in [5.74, 6) is 0. The number of rotatable bonds is 3. The Morgan fingerprint density at radius 1 is 1.30 bits per heavy atom. The van der Waals surface area contributed by atoms with Crippen LogP contribution < -0.4 is 0 Å². The fourth-order valence-electron chi connectivity index (χ4n) is 3.91. The number of carbonyl (C=O) groups excluding carboxylic acids is 1. The third kappa shape index (κ3) is 5.33. The molecule has 1 spiro atoms. The average Bonchev–Trinajstić information content (AvgIpc) is 2.61.